The molecule has 0 radical (unpaired) electrons. The normalized spacial score (nSPS) is 26.7. The van der Waals surface area contributed by atoms with Crippen LogP contribution in [0.15, 0.2) is 122 Å². The van der Waals surface area contributed by atoms with Gasteiger partial charge in [0.1, 0.15) is 73.2 Å². The number of allylic oxidation sites excluding steroid dienone is 19. The van der Waals surface area contributed by atoms with Crippen LogP contribution in [0.2, 0.25) is 0 Å². The number of rotatable bonds is 62. The van der Waals surface area contributed by atoms with Gasteiger partial charge in [-0.25, -0.2) is 0 Å². The van der Waals surface area contributed by atoms with E-state index in [1.165, 1.54) is 122 Å². The molecule has 0 aliphatic carbocycles. The Morgan fingerprint density at radius 3 is 1.09 bits per heavy atom. The van der Waals surface area contributed by atoms with Gasteiger partial charge in [-0.3, -0.25) is 4.79 Å². The lowest BCUT2D eigenvalue weighted by molar-refractivity contribution is -0.379. The standard InChI is InChI=1S/C84H143NO18/c1-3-5-7-9-11-13-15-17-19-21-23-25-27-29-31-33-35-37-39-41-43-45-47-49-51-53-55-57-59-61-68(89)67(85-72(90)62-60-58-56-54-52-50-48-46-44-42-40-38-36-34-32-30-28-26-24-22-20-18-16-14-12-10-8-6-4-2)66-98-82-78(96)75(93)80(70(64-87)100-82)103-84-79(97)76(94)81(71(65-88)101-84)102-83-77(95)74(92)73(91)69(63-86)99-83/h6,8,12,14,18,20,24,26,30,32,36,38,42-45,51,53,59,61,67-71,73-84,86-89,91-97H,3-5,7,9-11,13,15-17,19,21-23,25,27-29,31,33-35,37,39-41,46-50,52,54-58,60,62-66H2,1-2H3,(H,85,90)/b8-6-,14-12-,20-18-,26-24-,32-30-,38-36-,44-42-,45-43+,53-51+,61-59+. The quantitative estimate of drug-likeness (QED) is 0.0199. The number of ether oxygens (including phenoxy) is 6. The lowest BCUT2D eigenvalue weighted by Crippen LogP contribution is -2.66. The van der Waals surface area contributed by atoms with Crippen molar-refractivity contribution in [2.75, 3.05) is 26.4 Å². The molecule has 0 aromatic carbocycles. The summed E-state index contributed by atoms with van der Waals surface area (Å²) in [6.45, 7) is 1.60. The van der Waals surface area contributed by atoms with Gasteiger partial charge in [-0.1, -0.05) is 283 Å². The molecule has 17 atom stereocenters. The van der Waals surface area contributed by atoms with Crippen LogP contribution in [0.3, 0.4) is 0 Å². The van der Waals surface area contributed by atoms with Crippen LogP contribution in [-0.2, 0) is 33.2 Å². The predicted molar refractivity (Wildman–Crippen MR) is 410 cm³/mol. The predicted octanol–water partition coefficient (Wildman–Crippen LogP) is 13.5. The molecule has 3 aliphatic heterocycles. The van der Waals surface area contributed by atoms with Crippen molar-refractivity contribution >= 4 is 5.91 Å². The zero-order chi connectivity index (χ0) is 74.6. The zero-order valence-electron chi connectivity index (χ0n) is 63.3. The van der Waals surface area contributed by atoms with E-state index in [1.807, 2.05) is 6.08 Å². The maximum atomic E-state index is 13.5. The van der Waals surface area contributed by atoms with Gasteiger partial charge in [-0.15, -0.1) is 0 Å². The van der Waals surface area contributed by atoms with E-state index in [-0.39, 0.29) is 18.9 Å². The second-order valence-electron chi connectivity index (χ2n) is 28.1. The topological polar surface area (TPSA) is 307 Å². The van der Waals surface area contributed by atoms with Crippen LogP contribution in [0.25, 0.3) is 0 Å². The number of carbonyl (C=O) groups excluding carboxylic acids is 1. The van der Waals surface area contributed by atoms with Gasteiger partial charge < -0.3 is 89.9 Å². The van der Waals surface area contributed by atoms with E-state index in [0.29, 0.717) is 12.8 Å². The lowest BCUT2D eigenvalue weighted by Gasteiger charge is -2.48. The van der Waals surface area contributed by atoms with Crippen molar-refractivity contribution < 1.29 is 89.4 Å². The Hall–Kier alpha value is -3.81. The molecule has 3 saturated heterocycles. The maximum absolute atomic E-state index is 13.5. The number of amides is 1. The summed E-state index contributed by atoms with van der Waals surface area (Å²) in [7, 11) is 0. The molecule has 0 bridgehead atoms. The fraction of sp³-hybridized carbons (Fsp3) is 0.750. The van der Waals surface area contributed by atoms with E-state index in [0.717, 1.165) is 116 Å². The van der Waals surface area contributed by atoms with Crippen molar-refractivity contribution in [3.63, 3.8) is 0 Å². The van der Waals surface area contributed by atoms with Crippen molar-refractivity contribution in [1.82, 2.24) is 5.32 Å². The fourth-order valence-corrected chi connectivity index (χ4v) is 12.8. The van der Waals surface area contributed by atoms with Crippen molar-refractivity contribution in [3.8, 4) is 0 Å². The highest BCUT2D eigenvalue weighted by molar-refractivity contribution is 5.76. The molecule has 0 spiro atoms. The van der Waals surface area contributed by atoms with E-state index in [1.54, 1.807) is 6.08 Å². The second-order valence-corrected chi connectivity index (χ2v) is 28.1. The Balaban J connectivity index is 1.41. The number of unbranched alkanes of at least 4 members (excludes halogenated alkanes) is 28. The molecular formula is C84H143NO18. The number of carbonyl (C=O) groups is 1. The minimum Gasteiger partial charge on any atom is -0.394 e. The number of nitrogens with one attached hydrogen (secondary N) is 1. The fourth-order valence-electron chi connectivity index (χ4n) is 12.8. The lowest BCUT2D eigenvalue weighted by atomic mass is 9.96. The van der Waals surface area contributed by atoms with Crippen molar-refractivity contribution in [3.05, 3.63) is 122 Å². The molecular weight excluding hydrogens is 1310 g/mol. The first kappa shape index (κ1) is 93.4. The first-order valence-electron chi connectivity index (χ1n) is 40.3. The minimum absolute atomic E-state index is 0.211. The molecule has 0 aromatic rings. The van der Waals surface area contributed by atoms with Crippen LogP contribution in [0.4, 0.5) is 0 Å². The van der Waals surface area contributed by atoms with Gasteiger partial charge >= 0.3 is 0 Å². The van der Waals surface area contributed by atoms with Gasteiger partial charge in [-0.05, 0) is 103 Å². The van der Waals surface area contributed by atoms with Gasteiger partial charge in [0.15, 0.2) is 18.9 Å². The zero-order valence-corrected chi connectivity index (χ0v) is 63.3. The smallest absolute Gasteiger partial charge is 0.220 e. The van der Waals surface area contributed by atoms with Crippen LogP contribution >= 0.6 is 0 Å². The highest BCUT2D eigenvalue weighted by atomic mass is 16.8. The summed E-state index contributed by atoms with van der Waals surface area (Å²) in [6.07, 6.45) is 61.8. The van der Waals surface area contributed by atoms with Crippen LogP contribution in [0, 0.1) is 0 Å². The molecule has 19 heteroatoms. The maximum Gasteiger partial charge on any atom is 0.220 e. The average molecular weight is 1460 g/mol. The number of aliphatic hydroxyl groups is 11. The number of hydrogen-bond donors (Lipinski definition) is 12. The summed E-state index contributed by atoms with van der Waals surface area (Å²) in [4.78, 5) is 13.5. The molecule has 1 amide bonds. The van der Waals surface area contributed by atoms with Crippen molar-refractivity contribution in [2.45, 2.75) is 375 Å². The highest BCUT2D eigenvalue weighted by Gasteiger charge is 2.54. The third-order valence-electron chi connectivity index (χ3n) is 19.2. The molecule has 3 aliphatic rings. The van der Waals surface area contributed by atoms with Crippen molar-refractivity contribution in [2.24, 2.45) is 0 Å². The molecule has 3 rings (SSSR count). The Morgan fingerprint density at radius 2 is 0.680 bits per heavy atom. The number of aliphatic hydroxyl groups excluding tert-OH is 11. The summed E-state index contributed by atoms with van der Waals surface area (Å²) in [5, 5.41) is 121. The number of hydrogen-bond acceptors (Lipinski definition) is 18. The van der Waals surface area contributed by atoms with Crippen molar-refractivity contribution in [1.29, 1.82) is 0 Å². The third kappa shape index (κ3) is 43.1. The average Bonchev–Trinajstić information content (AvgIpc) is 0.781. The highest BCUT2D eigenvalue weighted by Crippen LogP contribution is 2.33. The van der Waals surface area contributed by atoms with Gasteiger partial charge in [0.25, 0.3) is 0 Å². The summed E-state index contributed by atoms with van der Waals surface area (Å²) < 4.78 is 34.4. The monoisotopic (exact) mass is 1450 g/mol. The molecule has 17 unspecified atom stereocenters. The first-order valence-corrected chi connectivity index (χ1v) is 40.3. The van der Waals surface area contributed by atoms with Gasteiger partial charge in [-0.2, -0.15) is 0 Å². The largest absolute Gasteiger partial charge is 0.394 e. The van der Waals surface area contributed by atoms with E-state index in [9.17, 15) is 61.0 Å². The van der Waals surface area contributed by atoms with Gasteiger partial charge in [0.2, 0.25) is 5.91 Å². The van der Waals surface area contributed by atoms with E-state index < -0.39 is 124 Å². The van der Waals surface area contributed by atoms with Gasteiger partial charge in [0, 0.05) is 6.42 Å². The second kappa shape index (κ2) is 63.2. The Bertz CT molecular complexity index is 2330. The van der Waals surface area contributed by atoms with Crippen LogP contribution in [0.5, 0.6) is 0 Å². The molecule has 3 fully saturated rings. The Kier molecular flexibility index (Phi) is 57.3. The van der Waals surface area contributed by atoms with Gasteiger partial charge in [0.05, 0.1) is 38.6 Å². The summed E-state index contributed by atoms with van der Waals surface area (Å²) in [5.74, 6) is -0.304. The molecule has 0 aromatic heterocycles. The molecule has 103 heavy (non-hydrogen) atoms. The SMILES string of the molecule is CC/C=C\C/C=C\C/C=C\C/C=C\C/C=C\C/C=C\C/C=C\CCCCCCCCCC(=O)NC(COC1OC(CO)C(OC2OC(CO)C(OC3OC(CO)C(O)C(O)C3O)C(O)C2O)C(O)C1O)C(O)/C=C/CC/C=C/CC/C=C/CCCCCCCCCCCCCCCCCCCCC. The van der Waals surface area contributed by atoms with Crippen LogP contribution < -0.4 is 5.32 Å². The molecule has 12 N–H and O–H groups in total. The van der Waals surface area contributed by atoms with E-state index in [2.05, 4.69) is 129 Å². The minimum atomic E-state index is -1.99. The molecule has 19 nitrogen and oxygen atoms in total. The first-order chi connectivity index (χ1) is 50.3. The molecule has 0 saturated carbocycles. The summed E-state index contributed by atoms with van der Waals surface area (Å²) in [5.41, 5.74) is 0. The Labute approximate surface area is 620 Å². The van der Waals surface area contributed by atoms with E-state index >= 15 is 0 Å². The van der Waals surface area contributed by atoms with Crippen LogP contribution in [0.1, 0.15) is 271 Å². The van der Waals surface area contributed by atoms with Crippen LogP contribution in [-0.4, -0.2) is 193 Å². The Morgan fingerprint density at radius 1 is 0.359 bits per heavy atom. The van der Waals surface area contributed by atoms with E-state index in [4.69, 9.17) is 28.4 Å². The molecule has 3 heterocycles. The summed E-state index contributed by atoms with van der Waals surface area (Å²) >= 11 is 0. The molecule has 592 valence electrons. The third-order valence-corrected chi connectivity index (χ3v) is 19.2. The summed E-state index contributed by atoms with van der Waals surface area (Å²) in [6, 6.07) is -1.01.